The minimum Gasteiger partial charge on any atom is -0.342 e. The van der Waals surface area contributed by atoms with Gasteiger partial charge < -0.3 is 10.6 Å². The van der Waals surface area contributed by atoms with Crippen molar-refractivity contribution in [2.75, 3.05) is 13.6 Å². The first kappa shape index (κ1) is 13.6. The maximum absolute atomic E-state index is 12.7. The van der Waals surface area contributed by atoms with Crippen LogP contribution in [0, 0.1) is 5.82 Å². The molecule has 1 amide bonds. The smallest absolute Gasteiger partial charge is 0.222 e. The molecule has 4 heteroatoms. The van der Waals surface area contributed by atoms with Crippen LogP contribution in [0.1, 0.15) is 18.9 Å². The number of hydrogen-bond acceptors (Lipinski definition) is 2. The molecule has 0 aliphatic rings. The van der Waals surface area contributed by atoms with Crippen molar-refractivity contribution >= 4 is 5.91 Å². The van der Waals surface area contributed by atoms with E-state index in [0.717, 1.165) is 5.56 Å². The van der Waals surface area contributed by atoms with Gasteiger partial charge in [0.15, 0.2) is 0 Å². The SMILES string of the molecule is CC(CN)N(C)C(=O)CCc1ccc(F)cc1. The number of benzene rings is 1. The number of aryl methyl sites for hydroxylation is 1. The Hall–Kier alpha value is -1.42. The molecule has 1 aromatic carbocycles. The zero-order chi connectivity index (χ0) is 12.8. The summed E-state index contributed by atoms with van der Waals surface area (Å²) in [7, 11) is 1.75. The van der Waals surface area contributed by atoms with Crippen LogP contribution in [0.15, 0.2) is 24.3 Å². The summed E-state index contributed by atoms with van der Waals surface area (Å²) in [5, 5.41) is 0. The van der Waals surface area contributed by atoms with E-state index in [1.165, 1.54) is 12.1 Å². The van der Waals surface area contributed by atoms with E-state index in [4.69, 9.17) is 5.73 Å². The maximum Gasteiger partial charge on any atom is 0.222 e. The summed E-state index contributed by atoms with van der Waals surface area (Å²) in [6.07, 6.45) is 1.05. The van der Waals surface area contributed by atoms with E-state index in [-0.39, 0.29) is 17.8 Å². The van der Waals surface area contributed by atoms with E-state index >= 15 is 0 Å². The van der Waals surface area contributed by atoms with Gasteiger partial charge in [-0.25, -0.2) is 4.39 Å². The normalized spacial score (nSPS) is 12.2. The zero-order valence-electron chi connectivity index (χ0n) is 10.3. The Morgan fingerprint density at radius 3 is 2.53 bits per heavy atom. The van der Waals surface area contributed by atoms with Crippen molar-refractivity contribution in [3.05, 3.63) is 35.6 Å². The van der Waals surface area contributed by atoms with E-state index in [0.29, 0.717) is 19.4 Å². The van der Waals surface area contributed by atoms with E-state index in [2.05, 4.69) is 0 Å². The van der Waals surface area contributed by atoms with E-state index in [9.17, 15) is 9.18 Å². The van der Waals surface area contributed by atoms with Crippen molar-refractivity contribution in [2.45, 2.75) is 25.8 Å². The molecule has 0 bridgehead atoms. The molecule has 1 rings (SSSR count). The van der Waals surface area contributed by atoms with Gasteiger partial charge in [-0.15, -0.1) is 0 Å². The Bertz CT molecular complexity index is 364. The first-order valence-corrected chi connectivity index (χ1v) is 5.74. The number of hydrogen-bond donors (Lipinski definition) is 1. The van der Waals surface area contributed by atoms with Crippen molar-refractivity contribution in [2.24, 2.45) is 5.73 Å². The second kappa shape index (κ2) is 6.35. The van der Waals surface area contributed by atoms with Crippen LogP contribution in [-0.2, 0) is 11.2 Å². The number of halogens is 1. The molecule has 0 heterocycles. The molecule has 1 aromatic rings. The monoisotopic (exact) mass is 238 g/mol. The minimum absolute atomic E-state index is 0.0516. The number of rotatable bonds is 5. The third kappa shape index (κ3) is 4.15. The van der Waals surface area contributed by atoms with Gasteiger partial charge in [0.25, 0.3) is 0 Å². The summed E-state index contributed by atoms with van der Waals surface area (Å²) >= 11 is 0. The fourth-order valence-electron chi connectivity index (χ4n) is 1.48. The van der Waals surface area contributed by atoms with Crippen LogP contribution in [-0.4, -0.2) is 30.4 Å². The summed E-state index contributed by atoms with van der Waals surface area (Å²) in [5.41, 5.74) is 6.47. The van der Waals surface area contributed by atoms with Crippen molar-refractivity contribution in [3.8, 4) is 0 Å². The van der Waals surface area contributed by atoms with Crippen LogP contribution in [0.2, 0.25) is 0 Å². The summed E-state index contributed by atoms with van der Waals surface area (Å²) in [6, 6.07) is 6.28. The first-order valence-electron chi connectivity index (χ1n) is 5.74. The highest BCUT2D eigenvalue weighted by Crippen LogP contribution is 2.07. The van der Waals surface area contributed by atoms with Gasteiger partial charge in [0.05, 0.1) is 0 Å². The van der Waals surface area contributed by atoms with E-state index < -0.39 is 0 Å². The highest BCUT2D eigenvalue weighted by molar-refractivity contribution is 5.76. The largest absolute Gasteiger partial charge is 0.342 e. The molecule has 3 nitrogen and oxygen atoms in total. The lowest BCUT2D eigenvalue weighted by Crippen LogP contribution is -2.39. The van der Waals surface area contributed by atoms with Gasteiger partial charge >= 0.3 is 0 Å². The van der Waals surface area contributed by atoms with Crippen LogP contribution < -0.4 is 5.73 Å². The third-order valence-corrected chi connectivity index (χ3v) is 2.94. The van der Waals surface area contributed by atoms with Crippen molar-refractivity contribution < 1.29 is 9.18 Å². The molecule has 0 aliphatic carbocycles. The highest BCUT2D eigenvalue weighted by Gasteiger charge is 2.13. The molecule has 0 spiro atoms. The quantitative estimate of drug-likeness (QED) is 0.846. The molecule has 0 aromatic heterocycles. The Morgan fingerprint density at radius 2 is 2.00 bits per heavy atom. The molecule has 2 N–H and O–H groups in total. The van der Waals surface area contributed by atoms with Gasteiger partial charge in [-0.05, 0) is 31.0 Å². The maximum atomic E-state index is 12.7. The molecule has 0 saturated heterocycles. The fourth-order valence-corrected chi connectivity index (χ4v) is 1.48. The van der Waals surface area contributed by atoms with Gasteiger partial charge in [-0.1, -0.05) is 12.1 Å². The van der Waals surface area contributed by atoms with Crippen molar-refractivity contribution in [3.63, 3.8) is 0 Å². The molecular formula is C13H19FN2O. The average molecular weight is 238 g/mol. The topological polar surface area (TPSA) is 46.3 Å². The van der Waals surface area contributed by atoms with Gasteiger partial charge in [-0.3, -0.25) is 4.79 Å². The fraction of sp³-hybridized carbons (Fsp3) is 0.462. The molecule has 1 unspecified atom stereocenters. The Morgan fingerprint density at radius 1 is 1.41 bits per heavy atom. The summed E-state index contributed by atoms with van der Waals surface area (Å²) in [6.45, 7) is 2.37. The summed E-state index contributed by atoms with van der Waals surface area (Å²) < 4.78 is 12.7. The second-order valence-corrected chi connectivity index (χ2v) is 4.22. The van der Waals surface area contributed by atoms with Crippen LogP contribution in [0.3, 0.4) is 0 Å². The van der Waals surface area contributed by atoms with Gasteiger partial charge in [0.2, 0.25) is 5.91 Å². The number of amides is 1. The second-order valence-electron chi connectivity index (χ2n) is 4.22. The standard InChI is InChI=1S/C13H19FN2O/c1-10(9-15)16(2)13(17)8-5-11-3-6-12(14)7-4-11/h3-4,6-7,10H,5,8-9,15H2,1-2H3. The lowest BCUT2D eigenvalue weighted by atomic mass is 10.1. The molecule has 94 valence electrons. The lowest BCUT2D eigenvalue weighted by molar-refractivity contribution is -0.131. The molecular weight excluding hydrogens is 219 g/mol. The molecule has 1 atom stereocenters. The van der Waals surface area contributed by atoms with Crippen molar-refractivity contribution in [1.82, 2.24) is 4.90 Å². The lowest BCUT2D eigenvalue weighted by Gasteiger charge is -2.23. The van der Waals surface area contributed by atoms with E-state index in [1.807, 2.05) is 6.92 Å². The number of likely N-dealkylation sites (N-methyl/N-ethyl adjacent to an activating group) is 1. The molecule has 0 radical (unpaired) electrons. The first-order chi connectivity index (χ1) is 8.04. The van der Waals surface area contributed by atoms with Crippen LogP contribution in [0.25, 0.3) is 0 Å². The minimum atomic E-state index is -0.256. The van der Waals surface area contributed by atoms with Crippen LogP contribution >= 0.6 is 0 Å². The predicted octanol–water partition coefficient (Wildman–Crippen LogP) is 1.56. The van der Waals surface area contributed by atoms with Gasteiger partial charge in [0.1, 0.15) is 5.82 Å². The van der Waals surface area contributed by atoms with Crippen molar-refractivity contribution in [1.29, 1.82) is 0 Å². The Labute approximate surface area is 101 Å². The predicted molar refractivity (Wildman–Crippen MR) is 66.0 cm³/mol. The zero-order valence-corrected chi connectivity index (χ0v) is 10.3. The van der Waals surface area contributed by atoms with Gasteiger partial charge in [0, 0.05) is 26.1 Å². The average Bonchev–Trinajstić information content (AvgIpc) is 2.35. The Kier molecular flexibility index (Phi) is 5.10. The summed E-state index contributed by atoms with van der Waals surface area (Å²) in [5.74, 6) is -0.193. The molecule has 17 heavy (non-hydrogen) atoms. The number of nitrogens with zero attached hydrogens (tertiary/aromatic N) is 1. The molecule has 0 aliphatic heterocycles. The van der Waals surface area contributed by atoms with Gasteiger partial charge in [-0.2, -0.15) is 0 Å². The third-order valence-electron chi connectivity index (χ3n) is 2.94. The number of carbonyl (C=O) groups excluding carboxylic acids is 1. The summed E-state index contributed by atoms with van der Waals surface area (Å²) in [4.78, 5) is 13.4. The number of carbonyl (C=O) groups is 1. The highest BCUT2D eigenvalue weighted by atomic mass is 19.1. The van der Waals surface area contributed by atoms with Crippen LogP contribution in [0.4, 0.5) is 4.39 Å². The van der Waals surface area contributed by atoms with E-state index in [1.54, 1.807) is 24.1 Å². The molecule has 0 saturated carbocycles. The number of nitrogens with two attached hydrogens (primary N) is 1. The Balaban J connectivity index is 2.45. The molecule has 0 fully saturated rings. The van der Waals surface area contributed by atoms with Crippen LogP contribution in [0.5, 0.6) is 0 Å².